The minimum Gasteiger partial charge on any atom is -0.297 e. The molecule has 5 heteroatoms. The maximum Gasteiger partial charge on any atom is 0.286 e. The zero-order valence-corrected chi connectivity index (χ0v) is 8.72. The van der Waals surface area contributed by atoms with Gasteiger partial charge in [0.05, 0.1) is 16.8 Å². The largest absolute Gasteiger partial charge is 0.297 e. The van der Waals surface area contributed by atoms with Gasteiger partial charge in [-0.3, -0.25) is 14.5 Å². The molecule has 1 aliphatic rings. The van der Waals surface area contributed by atoms with Gasteiger partial charge in [-0.1, -0.05) is 0 Å². The standard InChI is InChI=1S/C11H11N3O2/c15-14(16)8-5-6-11-12-9-3-1-2-4-10(9)13(11)7-8/h5-7H,1-4H2. The summed E-state index contributed by atoms with van der Waals surface area (Å²) in [5.41, 5.74) is 3.19. The highest BCUT2D eigenvalue weighted by Gasteiger charge is 2.17. The van der Waals surface area contributed by atoms with E-state index in [2.05, 4.69) is 4.98 Å². The Kier molecular flexibility index (Phi) is 1.92. The van der Waals surface area contributed by atoms with Crippen molar-refractivity contribution < 1.29 is 4.92 Å². The fourth-order valence-corrected chi connectivity index (χ4v) is 2.29. The number of pyridine rings is 1. The summed E-state index contributed by atoms with van der Waals surface area (Å²) in [5.74, 6) is 0. The van der Waals surface area contributed by atoms with E-state index in [1.54, 1.807) is 12.3 Å². The molecule has 0 saturated carbocycles. The number of fused-ring (bicyclic) bond motifs is 3. The molecule has 0 radical (unpaired) electrons. The number of aryl methyl sites for hydroxylation is 2. The van der Waals surface area contributed by atoms with E-state index in [1.165, 1.54) is 12.5 Å². The zero-order chi connectivity index (χ0) is 11.1. The summed E-state index contributed by atoms with van der Waals surface area (Å²) in [4.78, 5) is 14.8. The molecule has 16 heavy (non-hydrogen) atoms. The summed E-state index contributed by atoms with van der Waals surface area (Å²) < 4.78 is 1.87. The molecule has 2 aromatic heterocycles. The fraction of sp³-hybridized carbons (Fsp3) is 0.364. The molecule has 0 bridgehead atoms. The van der Waals surface area contributed by atoms with E-state index in [9.17, 15) is 10.1 Å². The molecule has 1 aliphatic carbocycles. The molecule has 0 atom stereocenters. The Hall–Kier alpha value is -1.91. The van der Waals surface area contributed by atoms with Gasteiger partial charge in [0.2, 0.25) is 0 Å². The van der Waals surface area contributed by atoms with Gasteiger partial charge in [0.1, 0.15) is 5.65 Å². The van der Waals surface area contributed by atoms with Crippen LogP contribution in [0.2, 0.25) is 0 Å². The van der Waals surface area contributed by atoms with Gasteiger partial charge >= 0.3 is 0 Å². The van der Waals surface area contributed by atoms with E-state index in [-0.39, 0.29) is 10.6 Å². The van der Waals surface area contributed by atoms with Gasteiger partial charge in [-0.25, -0.2) is 4.98 Å². The first kappa shape index (κ1) is 9.33. The minimum atomic E-state index is -0.366. The summed E-state index contributed by atoms with van der Waals surface area (Å²) in [7, 11) is 0. The quantitative estimate of drug-likeness (QED) is 0.543. The van der Waals surface area contributed by atoms with Gasteiger partial charge in [-0.15, -0.1) is 0 Å². The molecular formula is C11H11N3O2. The van der Waals surface area contributed by atoms with Gasteiger partial charge < -0.3 is 0 Å². The Balaban J connectivity index is 2.25. The van der Waals surface area contributed by atoms with E-state index < -0.39 is 0 Å². The van der Waals surface area contributed by atoms with Crippen LogP contribution in [0.25, 0.3) is 5.65 Å². The molecule has 0 N–H and O–H groups in total. The Morgan fingerprint density at radius 3 is 2.94 bits per heavy atom. The number of nitrogens with zero attached hydrogens (tertiary/aromatic N) is 3. The van der Waals surface area contributed by atoms with Gasteiger partial charge in [-0.2, -0.15) is 0 Å². The normalized spacial score (nSPS) is 15.0. The minimum absolute atomic E-state index is 0.123. The van der Waals surface area contributed by atoms with Crippen LogP contribution in [0.15, 0.2) is 18.3 Å². The third-order valence-electron chi connectivity index (χ3n) is 3.07. The van der Waals surface area contributed by atoms with Crippen LogP contribution >= 0.6 is 0 Å². The molecule has 3 rings (SSSR count). The molecule has 5 nitrogen and oxygen atoms in total. The van der Waals surface area contributed by atoms with Crippen LogP contribution < -0.4 is 0 Å². The zero-order valence-electron chi connectivity index (χ0n) is 8.72. The van der Waals surface area contributed by atoms with Crippen molar-refractivity contribution >= 4 is 11.3 Å². The lowest BCUT2D eigenvalue weighted by molar-refractivity contribution is -0.385. The van der Waals surface area contributed by atoms with Crippen molar-refractivity contribution in [2.45, 2.75) is 25.7 Å². The number of nitro groups is 1. The lowest BCUT2D eigenvalue weighted by atomic mass is 10.0. The first-order valence-electron chi connectivity index (χ1n) is 5.40. The second-order valence-electron chi connectivity index (χ2n) is 4.08. The Bertz CT molecular complexity index is 574. The lowest BCUT2D eigenvalue weighted by Crippen LogP contribution is -2.04. The molecule has 0 aromatic carbocycles. The first-order chi connectivity index (χ1) is 7.75. The maximum atomic E-state index is 10.7. The molecule has 0 fully saturated rings. The smallest absolute Gasteiger partial charge is 0.286 e. The van der Waals surface area contributed by atoms with E-state index in [0.29, 0.717) is 0 Å². The monoisotopic (exact) mass is 217 g/mol. The van der Waals surface area contributed by atoms with Crippen LogP contribution in [-0.4, -0.2) is 14.3 Å². The average molecular weight is 217 g/mol. The van der Waals surface area contributed by atoms with Crippen LogP contribution in [0.4, 0.5) is 5.69 Å². The van der Waals surface area contributed by atoms with E-state index >= 15 is 0 Å². The third-order valence-corrected chi connectivity index (χ3v) is 3.07. The Morgan fingerprint density at radius 2 is 2.12 bits per heavy atom. The van der Waals surface area contributed by atoms with Gasteiger partial charge in [0.25, 0.3) is 5.69 Å². The van der Waals surface area contributed by atoms with E-state index in [1.807, 2.05) is 4.40 Å². The molecule has 0 unspecified atom stereocenters. The molecule has 0 aliphatic heterocycles. The number of rotatable bonds is 1. The van der Waals surface area contributed by atoms with Crippen LogP contribution in [0.5, 0.6) is 0 Å². The van der Waals surface area contributed by atoms with Crippen molar-refractivity contribution in [3.05, 3.63) is 39.8 Å². The summed E-state index contributed by atoms with van der Waals surface area (Å²) in [6, 6.07) is 3.23. The van der Waals surface area contributed by atoms with Crippen molar-refractivity contribution in [1.29, 1.82) is 0 Å². The molecule has 2 aromatic rings. The Labute approximate surface area is 91.9 Å². The van der Waals surface area contributed by atoms with Crippen LogP contribution in [0.3, 0.4) is 0 Å². The van der Waals surface area contributed by atoms with Gasteiger partial charge in [0.15, 0.2) is 0 Å². The number of imidazole rings is 1. The second kappa shape index (κ2) is 3.30. The third kappa shape index (κ3) is 1.28. The van der Waals surface area contributed by atoms with Crippen molar-refractivity contribution in [3.63, 3.8) is 0 Å². The second-order valence-corrected chi connectivity index (χ2v) is 4.08. The molecular weight excluding hydrogens is 206 g/mol. The predicted molar refractivity (Wildman–Crippen MR) is 58.5 cm³/mol. The van der Waals surface area contributed by atoms with Crippen molar-refractivity contribution in [2.24, 2.45) is 0 Å². The fourth-order valence-electron chi connectivity index (χ4n) is 2.29. The topological polar surface area (TPSA) is 60.4 Å². The molecule has 0 amide bonds. The SMILES string of the molecule is O=[N+]([O-])c1ccc2nc3c(n2c1)CCCC3. The van der Waals surface area contributed by atoms with Gasteiger partial charge in [-0.05, 0) is 31.7 Å². The summed E-state index contributed by atoms with van der Waals surface area (Å²) >= 11 is 0. The predicted octanol–water partition coefficient (Wildman–Crippen LogP) is 2.12. The highest BCUT2D eigenvalue weighted by molar-refractivity contribution is 5.48. The van der Waals surface area contributed by atoms with Crippen LogP contribution in [0.1, 0.15) is 24.2 Å². The highest BCUT2D eigenvalue weighted by atomic mass is 16.6. The number of aromatic nitrogens is 2. The van der Waals surface area contributed by atoms with Crippen LogP contribution in [0, 0.1) is 10.1 Å². The maximum absolute atomic E-state index is 10.7. The lowest BCUT2D eigenvalue weighted by Gasteiger charge is -2.09. The van der Waals surface area contributed by atoms with Gasteiger partial charge in [0, 0.05) is 11.8 Å². The van der Waals surface area contributed by atoms with E-state index in [4.69, 9.17) is 0 Å². The summed E-state index contributed by atoms with van der Waals surface area (Å²) in [6.07, 6.45) is 5.84. The molecule has 0 saturated heterocycles. The van der Waals surface area contributed by atoms with Crippen LogP contribution in [-0.2, 0) is 12.8 Å². The van der Waals surface area contributed by atoms with Crippen molar-refractivity contribution in [1.82, 2.24) is 9.38 Å². The number of hydrogen-bond donors (Lipinski definition) is 0. The molecule has 2 heterocycles. The summed E-state index contributed by atoms with van der Waals surface area (Å²) in [5, 5.41) is 10.7. The van der Waals surface area contributed by atoms with E-state index in [0.717, 1.165) is 36.3 Å². The number of hydrogen-bond acceptors (Lipinski definition) is 3. The first-order valence-corrected chi connectivity index (χ1v) is 5.40. The van der Waals surface area contributed by atoms with Crippen molar-refractivity contribution in [3.8, 4) is 0 Å². The Morgan fingerprint density at radius 1 is 1.31 bits per heavy atom. The molecule has 0 spiro atoms. The molecule has 82 valence electrons. The highest BCUT2D eigenvalue weighted by Crippen LogP contribution is 2.24. The summed E-state index contributed by atoms with van der Waals surface area (Å²) in [6.45, 7) is 0. The van der Waals surface area contributed by atoms with Crippen molar-refractivity contribution in [2.75, 3.05) is 0 Å². The average Bonchev–Trinajstić information content (AvgIpc) is 2.66.